The van der Waals surface area contributed by atoms with Gasteiger partial charge in [-0.1, -0.05) is 13.8 Å². The van der Waals surface area contributed by atoms with Crippen LogP contribution in [-0.4, -0.2) is 33.5 Å². The zero-order valence-corrected chi connectivity index (χ0v) is 11.9. The first kappa shape index (κ1) is 13.5. The van der Waals surface area contributed by atoms with E-state index in [9.17, 15) is 4.79 Å². The standard InChI is InChI=1S/C13H20N2O2S/c1-8(2)12-14-10(7-18-12)6-15-5-4-11(9(15)3)13(16)17/h7-9,11H,4-6H2,1-3H3,(H,16,17). The molecule has 1 fully saturated rings. The van der Waals surface area contributed by atoms with Crippen LogP contribution < -0.4 is 0 Å². The number of likely N-dealkylation sites (tertiary alicyclic amines) is 1. The Hall–Kier alpha value is -0.940. The zero-order valence-electron chi connectivity index (χ0n) is 11.1. The van der Waals surface area contributed by atoms with Crippen molar-refractivity contribution in [3.05, 3.63) is 16.1 Å². The number of aliphatic carboxylic acids is 1. The molecule has 0 aromatic carbocycles. The monoisotopic (exact) mass is 268 g/mol. The third-order valence-corrected chi connectivity index (χ3v) is 4.83. The van der Waals surface area contributed by atoms with Crippen molar-refractivity contribution < 1.29 is 9.90 Å². The molecule has 2 rings (SSSR count). The van der Waals surface area contributed by atoms with Crippen molar-refractivity contribution in [3.8, 4) is 0 Å². The van der Waals surface area contributed by atoms with Crippen molar-refractivity contribution in [1.29, 1.82) is 0 Å². The number of thiazole rings is 1. The minimum atomic E-state index is -0.675. The maximum absolute atomic E-state index is 11.1. The van der Waals surface area contributed by atoms with E-state index in [2.05, 4.69) is 29.1 Å². The Morgan fingerprint density at radius 1 is 1.67 bits per heavy atom. The average molecular weight is 268 g/mol. The van der Waals surface area contributed by atoms with Crippen LogP contribution in [0.2, 0.25) is 0 Å². The number of hydrogen-bond donors (Lipinski definition) is 1. The summed E-state index contributed by atoms with van der Waals surface area (Å²) in [5.41, 5.74) is 1.07. The molecule has 1 aromatic rings. The van der Waals surface area contributed by atoms with E-state index < -0.39 is 5.97 Å². The van der Waals surface area contributed by atoms with Crippen LogP contribution in [-0.2, 0) is 11.3 Å². The van der Waals surface area contributed by atoms with Crippen LogP contribution >= 0.6 is 11.3 Å². The van der Waals surface area contributed by atoms with Gasteiger partial charge in [-0.3, -0.25) is 9.69 Å². The van der Waals surface area contributed by atoms with Crippen molar-refractivity contribution >= 4 is 17.3 Å². The molecule has 0 amide bonds. The number of carboxylic acids is 1. The topological polar surface area (TPSA) is 53.4 Å². The SMILES string of the molecule is CC(C)c1nc(CN2CCC(C(=O)O)C2C)cs1. The predicted molar refractivity (Wildman–Crippen MR) is 71.8 cm³/mol. The Labute approximate surface area is 112 Å². The van der Waals surface area contributed by atoms with Crippen LogP contribution in [0.3, 0.4) is 0 Å². The molecule has 1 aliphatic rings. The molecular weight excluding hydrogens is 248 g/mol. The highest BCUT2D eigenvalue weighted by Gasteiger charge is 2.35. The lowest BCUT2D eigenvalue weighted by molar-refractivity contribution is -0.142. The van der Waals surface area contributed by atoms with Gasteiger partial charge in [0.05, 0.1) is 16.6 Å². The van der Waals surface area contributed by atoms with Gasteiger partial charge >= 0.3 is 5.97 Å². The summed E-state index contributed by atoms with van der Waals surface area (Å²) in [6.45, 7) is 7.91. The number of nitrogens with zero attached hydrogens (tertiary/aromatic N) is 2. The molecule has 0 radical (unpaired) electrons. The second kappa shape index (κ2) is 5.36. The van der Waals surface area contributed by atoms with Crippen molar-refractivity contribution in [2.75, 3.05) is 6.54 Å². The molecule has 1 aromatic heterocycles. The van der Waals surface area contributed by atoms with E-state index in [1.54, 1.807) is 11.3 Å². The third kappa shape index (κ3) is 2.72. The number of carboxylic acid groups (broad SMARTS) is 1. The second-order valence-corrected chi connectivity index (χ2v) is 6.17. The summed E-state index contributed by atoms with van der Waals surface area (Å²) in [5.74, 6) is -0.439. The first-order chi connectivity index (χ1) is 8.49. The van der Waals surface area contributed by atoms with E-state index in [-0.39, 0.29) is 12.0 Å². The lowest BCUT2D eigenvalue weighted by Crippen LogP contribution is -2.32. The van der Waals surface area contributed by atoms with E-state index in [1.807, 2.05) is 6.92 Å². The van der Waals surface area contributed by atoms with Crippen LogP contribution in [0.4, 0.5) is 0 Å². The Bertz CT molecular complexity index is 430. The largest absolute Gasteiger partial charge is 0.481 e. The van der Waals surface area contributed by atoms with Gasteiger partial charge in [0, 0.05) is 23.9 Å². The smallest absolute Gasteiger partial charge is 0.308 e. The van der Waals surface area contributed by atoms with E-state index >= 15 is 0 Å². The molecule has 0 aliphatic carbocycles. The fraction of sp³-hybridized carbons (Fsp3) is 0.692. The summed E-state index contributed by atoms with van der Waals surface area (Å²) in [6, 6.07) is 0.103. The van der Waals surface area contributed by atoms with Gasteiger partial charge in [0.2, 0.25) is 0 Å². The Kier molecular flexibility index (Phi) is 4.02. The van der Waals surface area contributed by atoms with E-state index in [1.165, 1.54) is 0 Å². The van der Waals surface area contributed by atoms with Gasteiger partial charge in [-0.25, -0.2) is 4.98 Å². The van der Waals surface area contributed by atoms with Crippen LogP contribution in [0.25, 0.3) is 0 Å². The fourth-order valence-corrected chi connectivity index (χ4v) is 3.25. The predicted octanol–water partition coefficient (Wildman–Crippen LogP) is 2.56. The number of carbonyl (C=O) groups is 1. The van der Waals surface area contributed by atoms with Crippen molar-refractivity contribution in [2.24, 2.45) is 5.92 Å². The van der Waals surface area contributed by atoms with Crippen molar-refractivity contribution in [2.45, 2.75) is 45.7 Å². The van der Waals surface area contributed by atoms with Crippen LogP contribution in [0.15, 0.2) is 5.38 Å². The lowest BCUT2D eigenvalue weighted by Gasteiger charge is -2.21. The second-order valence-electron chi connectivity index (χ2n) is 5.28. The molecule has 2 atom stereocenters. The number of hydrogen-bond acceptors (Lipinski definition) is 4. The summed E-state index contributed by atoms with van der Waals surface area (Å²) < 4.78 is 0. The van der Waals surface area contributed by atoms with Crippen LogP contribution in [0.1, 0.15) is 43.8 Å². The van der Waals surface area contributed by atoms with Crippen LogP contribution in [0.5, 0.6) is 0 Å². The van der Waals surface area contributed by atoms with E-state index in [4.69, 9.17) is 5.11 Å². The molecule has 0 bridgehead atoms. The molecule has 0 spiro atoms. The van der Waals surface area contributed by atoms with Gasteiger partial charge in [0.15, 0.2) is 0 Å². The highest BCUT2D eigenvalue weighted by atomic mass is 32.1. The van der Waals surface area contributed by atoms with Gasteiger partial charge in [0.25, 0.3) is 0 Å². The maximum atomic E-state index is 11.1. The molecule has 5 heteroatoms. The Morgan fingerprint density at radius 2 is 2.39 bits per heavy atom. The Morgan fingerprint density at radius 3 is 2.89 bits per heavy atom. The molecule has 1 saturated heterocycles. The normalized spacial score (nSPS) is 24.9. The van der Waals surface area contributed by atoms with Gasteiger partial charge in [-0.2, -0.15) is 0 Å². The lowest BCUT2D eigenvalue weighted by atomic mass is 10.0. The molecular formula is C13H20N2O2S. The quantitative estimate of drug-likeness (QED) is 0.912. The molecule has 2 unspecified atom stereocenters. The Balaban J connectivity index is 1.99. The summed E-state index contributed by atoms with van der Waals surface area (Å²) in [5, 5.41) is 12.4. The van der Waals surface area contributed by atoms with Gasteiger partial charge in [0.1, 0.15) is 0 Å². The maximum Gasteiger partial charge on any atom is 0.308 e. The van der Waals surface area contributed by atoms with Gasteiger partial charge < -0.3 is 5.11 Å². The molecule has 100 valence electrons. The molecule has 1 N–H and O–H groups in total. The van der Waals surface area contributed by atoms with E-state index in [0.717, 1.165) is 30.2 Å². The third-order valence-electron chi connectivity index (χ3n) is 3.63. The number of aromatic nitrogens is 1. The first-order valence-electron chi connectivity index (χ1n) is 6.40. The highest BCUT2D eigenvalue weighted by molar-refractivity contribution is 7.09. The van der Waals surface area contributed by atoms with Crippen molar-refractivity contribution in [1.82, 2.24) is 9.88 Å². The number of rotatable bonds is 4. The van der Waals surface area contributed by atoms with E-state index in [0.29, 0.717) is 5.92 Å². The molecule has 4 nitrogen and oxygen atoms in total. The molecule has 0 saturated carbocycles. The summed E-state index contributed by atoms with van der Waals surface area (Å²) in [7, 11) is 0. The van der Waals surface area contributed by atoms with Crippen molar-refractivity contribution in [3.63, 3.8) is 0 Å². The molecule has 1 aliphatic heterocycles. The molecule has 2 heterocycles. The molecule has 18 heavy (non-hydrogen) atoms. The van der Waals surface area contributed by atoms with Gasteiger partial charge in [-0.15, -0.1) is 11.3 Å². The first-order valence-corrected chi connectivity index (χ1v) is 7.28. The van der Waals surface area contributed by atoms with Gasteiger partial charge in [-0.05, 0) is 19.9 Å². The highest BCUT2D eigenvalue weighted by Crippen LogP contribution is 2.27. The summed E-state index contributed by atoms with van der Waals surface area (Å²) in [4.78, 5) is 17.9. The van der Waals surface area contributed by atoms with Crippen LogP contribution in [0, 0.1) is 5.92 Å². The minimum Gasteiger partial charge on any atom is -0.481 e. The fourth-order valence-electron chi connectivity index (χ4n) is 2.43. The minimum absolute atomic E-state index is 0.103. The zero-order chi connectivity index (χ0) is 13.3. The summed E-state index contributed by atoms with van der Waals surface area (Å²) in [6.07, 6.45) is 0.748. The average Bonchev–Trinajstić information content (AvgIpc) is 2.87. The summed E-state index contributed by atoms with van der Waals surface area (Å²) >= 11 is 1.70.